The second kappa shape index (κ2) is 14.6. The number of fused-ring (bicyclic) bond motifs is 1. The van der Waals surface area contributed by atoms with Crippen LogP contribution in [-0.4, -0.2) is 41.9 Å². The Morgan fingerprint density at radius 2 is 1.65 bits per heavy atom. The zero-order valence-corrected chi connectivity index (χ0v) is 26.9. The van der Waals surface area contributed by atoms with Crippen molar-refractivity contribution in [1.82, 2.24) is 4.90 Å². The molecule has 236 valence electrons. The number of hydrogen-bond acceptors (Lipinski definition) is 8. The van der Waals surface area contributed by atoms with E-state index < -0.39 is 5.54 Å². The summed E-state index contributed by atoms with van der Waals surface area (Å²) in [7, 11) is 0. The van der Waals surface area contributed by atoms with Crippen molar-refractivity contribution in [3.8, 4) is 46.3 Å². The first kappa shape index (κ1) is 32.7. The summed E-state index contributed by atoms with van der Waals surface area (Å²) < 4.78 is 24.1. The van der Waals surface area contributed by atoms with Crippen molar-refractivity contribution in [2.24, 2.45) is 0 Å². The number of aliphatic hydroxyl groups is 1. The Hall–Kier alpha value is -4.73. The highest BCUT2D eigenvalue weighted by Gasteiger charge is 2.27. The Balaban J connectivity index is 1.42. The molecule has 1 aliphatic heterocycles. The van der Waals surface area contributed by atoms with E-state index in [0.29, 0.717) is 41.8 Å². The van der Waals surface area contributed by atoms with Gasteiger partial charge < -0.3 is 24.1 Å². The molecular weight excluding hydrogens is 602 g/mol. The van der Waals surface area contributed by atoms with Crippen LogP contribution in [0.1, 0.15) is 41.7 Å². The zero-order chi connectivity index (χ0) is 32.7. The summed E-state index contributed by atoms with van der Waals surface area (Å²) >= 11 is 6.79. The standard InChI is InChI=1S/C37H36ClN3O5/c1-25-29(8-5-9-31(25)28-10-11-33-36(18-28)44-15-14-43-33)23-46-35-19-34(45-22-27-7-4-6-26(16-27)20-40)30(17-32(35)38)21-41(13-12-39)37(2,3)24-42/h4-11,16-19,42H,13-15,21-24H2,1-3H3. The molecular formula is C37H36ClN3O5. The van der Waals surface area contributed by atoms with Crippen LogP contribution in [0.4, 0.5) is 0 Å². The molecule has 9 heteroatoms. The van der Waals surface area contributed by atoms with Gasteiger partial charge in [-0.1, -0.05) is 48.0 Å². The molecule has 0 aromatic heterocycles. The van der Waals surface area contributed by atoms with Crippen LogP contribution in [-0.2, 0) is 19.8 Å². The number of nitriles is 2. The van der Waals surface area contributed by atoms with Crippen LogP contribution >= 0.6 is 11.6 Å². The Morgan fingerprint density at radius 1 is 0.891 bits per heavy atom. The monoisotopic (exact) mass is 637 g/mol. The van der Waals surface area contributed by atoms with Crippen LogP contribution in [0.3, 0.4) is 0 Å². The van der Waals surface area contributed by atoms with Gasteiger partial charge in [0.15, 0.2) is 11.5 Å². The molecule has 0 unspecified atom stereocenters. The van der Waals surface area contributed by atoms with Gasteiger partial charge in [-0.05, 0) is 78.9 Å². The van der Waals surface area contributed by atoms with E-state index >= 15 is 0 Å². The molecule has 0 bridgehead atoms. The Bertz CT molecular complexity index is 1790. The Labute approximate surface area is 274 Å². The first-order valence-corrected chi connectivity index (χ1v) is 15.4. The number of nitrogens with zero attached hydrogens (tertiary/aromatic N) is 3. The van der Waals surface area contributed by atoms with Crippen molar-refractivity contribution >= 4 is 11.6 Å². The molecule has 8 nitrogen and oxygen atoms in total. The van der Waals surface area contributed by atoms with Gasteiger partial charge >= 0.3 is 0 Å². The highest BCUT2D eigenvalue weighted by Crippen LogP contribution is 2.38. The second-order valence-electron chi connectivity index (χ2n) is 11.7. The number of halogens is 1. The van der Waals surface area contributed by atoms with E-state index in [4.69, 9.17) is 30.5 Å². The predicted molar refractivity (Wildman–Crippen MR) is 176 cm³/mol. The lowest BCUT2D eigenvalue weighted by Crippen LogP contribution is -2.46. The average Bonchev–Trinajstić information content (AvgIpc) is 3.07. The Morgan fingerprint density at radius 3 is 2.41 bits per heavy atom. The predicted octanol–water partition coefficient (Wildman–Crippen LogP) is 7.21. The molecule has 0 atom stereocenters. The number of hydrogen-bond donors (Lipinski definition) is 1. The highest BCUT2D eigenvalue weighted by molar-refractivity contribution is 6.32. The van der Waals surface area contributed by atoms with Crippen LogP contribution < -0.4 is 18.9 Å². The van der Waals surface area contributed by atoms with Crippen molar-refractivity contribution in [3.05, 3.63) is 106 Å². The van der Waals surface area contributed by atoms with Gasteiger partial charge in [0.1, 0.15) is 37.9 Å². The Kier molecular flexibility index (Phi) is 10.3. The van der Waals surface area contributed by atoms with E-state index in [0.717, 1.165) is 44.9 Å². The molecule has 4 aromatic carbocycles. The molecule has 0 saturated heterocycles. The van der Waals surface area contributed by atoms with E-state index in [9.17, 15) is 15.6 Å². The van der Waals surface area contributed by atoms with Crippen molar-refractivity contribution < 1.29 is 24.1 Å². The van der Waals surface area contributed by atoms with Crippen LogP contribution in [0.15, 0.2) is 72.8 Å². The first-order valence-electron chi connectivity index (χ1n) is 15.0. The van der Waals surface area contributed by atoms with Crippen LogP contribution in [0.5, 0.6) is 23.0 Å². The lowest BCUT2D eigenvalue weighted by atomic mass is 9.96. The van der Waals surface area contributed by atoms with Gasteiger partial charge in [0.25, 0.3) is 0 Å². The summed E-state index contributed by atoms with van der Waals surface area (Å²) in [6, 6.07) is 27.2. The molecule has 5 rings (SSSR count). The SMILES string of the molecule is Cc1c(COc2cc(OCc3cccc(C#N)c3)c(CN(CC#N)C(C)(C)CO)cc2Cl)cccc1-c1ccc2c(c1)OCCO2. The third kappa shape index (κ3) is 7.55. The van der Waals surface area contributed by atoms with E-state index in [1.807, 2.05) is 61.2 Å². The summed E-state index contributed by atoms with van der Waals surface area (Å²) in [6.45, 7) is 7.64. The highest BCUT2D eigenvalue weighted by atomic mass is 35.5. The molecule has 0 radical (unpaired) electrons. The minimum Gasteiger partial charge on any atom is -0.488 e. The normalized spacial score (nSPS) is 12.3. The summed E-state index contributed by atoms with van der Waals surface area (Å²) in [5.74, 6) is 2.46. The summed E-state index contributed by atoms with van der Waals surface area (Å²) in [5.41, 5.74) is 5.60. The first-order chi connectivity index (χ1) is 22.2. The number of rotatable bonds is 12. The second-order valence-corrected chi connectivity index (χ2v) is 12.1. The molecule has 0 saturated carbocycles. The molecule has 1 aliphatic rings. The molecule has 0 amide bonds. The largest absolute Gasteiger partial charge is 0.488 e. The smallest absolute Gasteiger partial charge is 0.161 e. The van der Waals surface area contributed by atoms with Crippen molar-refractivity contribution in [2.75, 3.05) is 26.4 Å². The van der Waals surface area contributed by atoms with Gasteiger partial charge in [-0.2, -0.15) is 10.5 Å². The van der Waals surface area contributed by atoms with Crippen LogP contribution in [0.25, 0.3) is 11.1 Å². The third-order valence-electron chi connectivity index (χ3n) is 8.11. The van der Waals surface area contributed by atoms with E-state index in [2.05, 4.69) is 25.1 Å². The van der Waals surface area contributed by atoms with E-state index in [-0.39, 0.29) is 26.4 Å². The molecule has 0 aliphatic carbocycles. The van der Waals surface area contributed by atoms with Gasteiger partial charge in [0, 0.05) is 23.7 Å². The molecule has 1 heterocycles. The molecule has 1 N–H and O–H groups in total. The summed E-state index contributed by atoms with van der Waals surface area (Å²) in [6.07, 6.45) is 0. The van der Waals surface area contributed by atoms with Gasteiger partial charge in [0.2, 0.25) is 0 Å². The molecule has 4 aromatic rings. The maximum atomic E-state index is 10.0. The molecule has 0 fully saturated rings. The minimum atomic E-state index is -0.657. The van der Waals surface area contributed by atoms with Gasteiger partial charge in [-0.25, -0.2) is 0 Å². The maximum Gasteiger partial charge on any atom is 0.161 e. The molecule has 46 heavy (non-hydrogen) atoms. The summed E-state index contributed by atoms with van der Waals surface area (Å²) in [5, 5.41) is 29.2. The van der Waals surface area contributed by atoms with E-state index in [1.165, 1.54) is 0 Å². The van der Waals surface area contributed by atoms with Crippen molar-refractivity contribution in [3.63, 3.8) is 0 Å². The fourth-order valence-corrected chi connectivity index (χ4v) is 5.47. The fourth-order valence-electron chi connectivity index (χ4n) is 5.23. The molecule has 0 spiro atoms. The van der Waals surface area contributed by atoms with E-state index in [1.54, 1.807) is 24.3 Å². The lowest BCUT2D eigenvalue weighted by Gasteiger charge is -2.35. The summed E-state index contributed by atoms with van der Waals surface area (Å²) in [4.78, 5) is 1.87. The van der Waals surface area contributed by atoms with Gasteiger partial charge in [-0.15, -0.1) is 0 Å². The van der Waals surface area contributed by atoms with Gasteiger partial charge in [-0.3, -0.25) is 4.90 Å². The number of benzene rings is 4. The van der Waals surface area contributed by atoms with Gasteiger partial charge in [0.05, 0.1) is 35.9 Å². The quantitative estimate of drug-likeness (QED) is 0.162. The minimum absolute atomic E-state index is 0.103. The average molecular weight is 638 g/mol. The number of aliphatic hydroxyl groups excluding tert-OH is 1. The lowest BCUT2D eigenvalue weighted by molar-refractivity contribution is 0.0610. The van der Waals surface area contributed by atoms with Crippen LogP contribution in [0, 0.1) is 29.6 Å². The zero-order valence-electron chi connectivity index (χ0n) is 26.2. The topological polar surface area (TPSA) is 108 Å². The van der Waals surface area contributed by atoms with Crippen molar-refractivity contribution in [2.45, 2.75) is 46.1 Å². The maximum absolute atomic E-state index is 10.0. The van der Waals surface area contributed by atoms with Crippen molar-refractivity contribution in [1.29, 1.82) is 10.5 Å². The van der Waals surface area contributed by atoms with Crippen LogP contribution in [0.2, 0.25) is 5.02 Å². The fraction of sp³-hybridized carbons (Fsp3) is 0.297. The number of ether oxygens (including phenoxy) is 4. The third-order valence-corrected chi connectivity index (χ3v) is 8.41.